The average Bonchev–Trinajstić information content (AvgIpc) is 3.28. The van der Waals surface area contributed by atoms with Gasteiger partial charge in [-0.15, -0.1) is 10.2 Å². The van der Waals surface area contributed by atoms with E-state index >= 15 is 0 Å². The lowest BCUT2D eigenvalue weighted by Gasteiger charge is -2.10. The number of nitrogens with zero attached hydrogens (tertiary/aromatic N) is 4. The molecule has 0 radical (unpaired) electrons. The fourth-order valence-corrected chi connectivity index (χ4v) is 4.10. The third-order valence-corrected chi connectivity index (χ3v) is 5.82. The van der Waals surface area contributed by atoms with Crippen molar-refractivity contribution in [3.63, 3.8) is 0 Å². The van der Waals surface area contributed by atoms with Crippen LogP contribution in [0.2, 0.25) is 0 Å². The number of non-ortho nitro benzene ring substituents is 1. The average molecular weight is 461 g/mol. The minimum atomic E-state index is -0.430. The zero-order valence-electron chi connectivity index (χ0n) is 17.7. The Kier molecular flexibility index (Phi) is 6.80. The van der Waals surface area contributed by atoms with Gasteiger partial charge in [0.2, 0.25) is 0 Å². The van der Waals surface area contributed by atoms with Gasteiger partial charge in [0.05, 0.1) is 17.1 Å². The van der Waals surface area contributed by atoms with Crippen molar-refractivity contribution in [2.75, 3.05) is 6.61 Å². The highest BCUT2D eigenvalue weighted by Crippen LogP contribution is 2.30. The van der Waals surface area contributed by atoms with Crippen molar-refractivity contribution in [1.29, 1.82) is 0 Å². The predicted octanol–water partition coefficient (Wildman–Crippen LogP) is 5.31. The van der Waals surface area contributed by atoms with Gasteiger partial charge in [0.1, 0.15) is 0 Å². The number of ether oxygens (including phenoxy) is 1. The first-order chi connectivity index (χ1) is 16.1. The number of benzene rings is 3. The van der Waals surface area contributed by atoms with Crippen LogP contribution in [0.15, 0.2) is 84.0 Å². The van der Waals surface area contributed by atoms with Crippen molar-refractivity contribution < 1.29 is 14.5 Å². The minimum Gasteiger partial charge on any atom is -0.462 e. The number of rotatable bonds is 8. The van der Waals surface area contributed by atoms with Crippen molar-refractivity contribution in [1.82, 2.24) is 14.8 Å². The first kappa shape index (κ1) is 22.2. The molecule has 0 saturated carbocycles. The number of carbonyl (C=O) groups is 1. The Morgan fingerprint density at radius 3 is 2.33 bits per heavy atom. The van der Waals surface area contributed by atoms with Crippen LogP contribution in [0.3, 0.4) is 0 Å². The molecule has 0 saturated heterocycles. The second-order valence-corrected chi connectivity index (χ2v) is 7.93. The van der Waals surface area contributed by atoms with E-state index in [9.17, 15) is 14.9 Å². The second kappa shape index (κ2) is 10.1. The molecule has 8 nitrogen and oxygen atoms in total. The summed E-state index contributed by atoms with van der Waals surface area (Å²) in [6.45, 7) is 2.11. The summed E-state index contributed by atoms with van der Waals surface area (Å²) in [7, 11) is 0. The summed E-state index contributed by atoms with van der Waals surface area (Å²) in [5.74, 6) is 0.874. The summed E-state index contributed by atoms with van der Waals surface area (Å²) in [6.07, 6.45) is 0. The van der Waals surface area contributed by atoms with Crippen molar-refractivity contribution >= 4 is 23.4 Å². The summed E-state index contributed by atoms with van der Waals surface area (Å²) >= 11 is 1.51. The summed E-state index contributed by atoms with van der Waals surface area (Å²) < 4.78 is 6.95. The SMILES string of the molecule is CCOC(=O)c1ccc(CSc2nnc(-c3ccc([N+](=O)[O-])cc3)n2-c2ccccc2)cc1. The number of para-hydroxylation sites is 1. The van der Waals surface area contributed by atoms with E-state index in [2.05, 4.69) is 10.2 Å². The van der Waals surface area contributed by atoms with E-state index in [4.69, 9.17) is 4.74 Å². The molecule has 1 heterocycles. The number of esters is 1. The third kappa shape index (κ3) is 5.09. The van der Waals surface area contributed by atoms with Crippen LogP contribution in [-0.4, -0.2) is 32.3 Å². The lowest BCUT2D eigenvalue weighted by Crippen LogP contribution is -2.04. The van der Waals surface area contributed by atoms with Crippen molar-refractivity contribution in [3.8, 4) is 17.1 Å². The van der Waals surface area contributed by atoms with Crippen LogP contribution in [0.5, 0.6) is 0 Å². The molecule has 3 aromatic carbocycles. The van der Waals surface area contributed by atoms with Gasteiger partial charge in [0.25, 0.3) is 5.69 Å². The molecule has 0 unspecified atom stereocenters. The maximum absolute atomic E-state index is 11.8. The van der Waals surface area contributed by atoms with Gasteiger partial charge >= 0.3 is 5.97 Å². The van der Waals surface area contributed by atoms with Gasteiger partial charge in [-0.3, -0.25) is 14.7 Å². The molecule has 0 aliphatic heterocycles. The number of hydrogen-bond acceptors (Lipinski definition) is 7. The van der Waals surface area contributed by atoms with Crippen molar-refractivity contribution in [3.05, 3.63) is 100 Å². The topological polar surface area (TPSA) is 100 Å². The highest BCUT2D eigenvalue weighted by molar-refractivity contribution is 7.98. The molecule has 0 bridgehead atoms. The van der Waals surface area contributed by atoms with Gasteiger partial charge in [0, 0.05) is 29.1 Å². The maximum Gasteiger partial charge on any atom is 0.338 e. The largest absolute Gasteiger partial charge is 0.462 e. The van der Waals surface area contributed by atoms with E-state index < -0.39 is 4.92 Å². The zero-order chi connectivity index (χ0) is 23.2. The minimum absolute atomic E-state index is 0.0189. The highest BCUT2D eigenvalue weighted by Gasteiger charge is 2.17. The fourth-order valence-electron chi connectivity index (χ4n) is 3.19. The summed E-state index contributed by atoms with van der Waals surface area (Å²) in [5.41, 5.74) is 3.16. The molecule has 0 spiro atoms. The van der Waals surface area contributed by atoms with Crippen LogP contribution in [0.1, 0.15) is 22.8 Å². The standard InChI is InChI=1S/C24H20N4O4S/c1-2-32-23(29)19-10-8-17(9-11-19)16-33-24-26-25-22(27(24)20-6-4-3-5-7-20)18-12-14-21(15-13-18)28(30)31/h3-15H,2,16H2,1H3. The van der Waals surface area contributed by atoms with Gasteiger partial charge in [-0.25, -0.2) is 4.79 Å². The molecular weight excluding hydrogens is 440 g/mol. The number of nitro benzene ring substituents is 1. The Hall–Kier alpha value is -3.98. The van der Waals surface area contributed by atoms with Gasteiger partial charge in [-0.05, 0) is 48.9 Å². The van der Waals surface area contributed by atoms with Crippen LogP contribution in [0, 0.1) is 10.1 Å². The van der Waals surface area contributed by atoms with Crippen LogP contribution in [0.4, 0.5) is 5.69 Å². The van der Waals surface area contributed by atoms with E-state index in [-0.39, 0.29) is 11.7 Å². The molecule has 9 heteroatoms. The second-order valence-electron chi connectivity index (χ2n) is 6.99. The maximum atomic E-state index is 11.8. The Morgan fingerprint density at radius 1 is 1.00 bits per heavy atom. The number of aromatic nitrogens is 3. The van der Waals surface area contributed by atoms with Crippen LogP contribution < -0.4 is 0 Å². The Morgan fingerprint density at radius 2 is 1.70 bits per heavy atom. The number of nitro groups is 1. The predicted molar refractivity (Wildman–Crippen MR) is 125 cm³/mol. The molecule has 0 aliphatic rings. The van der Waals surface area contributed by atoms with Gasteiger partial charge in [-0.2, -0.15) is 0 Å². The first-order valence-electron chi connectivity index (χ1n) is 10.2. The van der Waals surface area contributed by atoms with Crippen LogP contribution in [0.25, 0.3) is 17.1 Å². The molecule has 166 valence electrons. The molecule has 0 fully saturated rings. The van der Waals surface area contributed by atoms with Gasteiger partial charge < -0.3 is 4.74 Å². The molecule has 0 amide bonds. The van der Waals surface area contributed by atoms with Gasteiger partial charge in [0.15, 0.2) is 11.0 Å². The molecule has 0 aliphatic carbocycles. The normalized spacial score (nSPS) is 10.7. The van der Waals surface area contributed by atoms with Crippen LogP contribution in [-0.2, 0) is 10.5 Å². The molecule has 4 rings (SSSR count). The zero-order valence-corrected chi connectivity index (χ0v) is 18.6. The monoisotopic (exact) mass is 460 g/mol. The first-order valence-corrected chi connectivity index (χ1v) is 11.2. The third-order valence-electron chi connectivity index (χ3n) is 4.82. The molecular formula is C24H20N4O4S. The molecule has 0 atom stereocenters. The van der Waals surface area contributed by atoms with E-state index in [1.54, 1.807) is 31.2 Å². The van der Waals surface area contributed by atoms with Crippen LogP contribution >= 0.6 is 11.8 Å². The van der Waals surface area contributed by atoms with E-state index in [1.807, 2.05) is 47.0 Å². The molecule has 0 N–H and O–H groups in total. The number of hydrogen-bond donors (Lipinski definition) is 0. The molecule has 1 aromatic heterocycles. The lowest BCUT2D eigenvalue weighted by molar-refractivity contribution is -0.384. The van der Waals surface area contributed by atoms with E-state index in [0.29, 0.717) is 28.9 Å². The highest BCUT2D eigenvalue weighted by atomic mass is 32.2. The quantitative estimate of drug-likeness (QED) is 0.152. The Balaban J connectivity index is 1.61. The molecule has 33 heavy (non-hydrogen) atoms. The Labute approximate surface area is 194 Å². The summed E-state index contributed by atoms with van der Waals surface area (Å²) in [4.78, 5) is 22.4. The Bertz CT molecular complexity index is 1260. The number of thioether (sulfide) groups is 1. The lowest BCUT2D eigenvalue weighted by atomic mass is 10.1. The fraction of sp³-hybridized carbons (Fsp3) is 0.125. The summed E-state index contributed by atoms with van der Waals surface area (Å²) in [6, 6.07) is 23.2. The number of carbonyl (C=O) groups excluding carboxylic acids is 1. The van der Waals surface area contributed by atoms with Gasteiger partial charge in [-0.1, -0.05) is 42.1 Å². The molecule has 4 aromatic rings. The smallest absolute Gasteiger partial charge is 0.338 e. The van der Waals surface area contributed by atoms with Crippen molar-refractivity contribution in [2.45, 2.75) is 17.8 Å². The van der Waals surface area contributed by atoms with Crippen molar-refractivity contribution in [2.24, 2.45) is 0 Å². The van der Waals surface area contributed by atoms with E-state index in [0.717, 1.165) is 16.8 Å². The summed E-state index contributed by atoms with van der Waals surface area (Å²) in [5, 5.41) is 20.4. The van der Waals surface area contributed by atoms with E-state index in [1.165, 1.54) is 23.9 Å².